The molecule has 0 unspecified atom stereocenters. The number of carbonyl (C=O) groups excluding carboxylic acids is 1. The molecule has 0 aromatic heterocycles. The van der Waals surface area contributed by atoms with E-state index in [1.54, 1.807) is 0 Å². The van der Waals surface area contributed by atoms with Gasteiger partial charge in [0.25, 0.3) is 0 Å². The molecule has 23 heavy (non-hydrogen) atoms. The molecule has 136 valence electrons. The van der Waals surface area contributed by atoms with Gasteiger partial charge in [-0.25, -0.2) is 4.79 Å². The fraction of sp³-hybridized carbons (Fsp3) is 0.850. The van der Waals surface area contributed by atoms with Crippen LogP contribution in [0.15, 0.2) is 12.2 Å². The van der Waals surface area contributed by atoms with E-state index in [0.29, 0.717) is 6.61 Å². The predicted octanol–water partition coefficient (Wildman–Crippen LogP) is 5.56. The molecule has 1 N–H and O–H groups in total. The molecule has 0 atom stereocenters. The standard InChI is InChI=1S/C20H38O3/c1-2-3-4-5-6-7-8-9-10-11-12-13-14-15-16-17-18-23-20(22)19-21/h9-10,21H,2-8,11-19H2,1H3. The van der Waals surface area contributed by atoms with Crippen LogP contribution in [0.1, 0.15) is 96.8 Å². The summed E-state index contributed by atoms with van der Waals surface area (Å²) in [6.45, 7) is 2.20. The fourth-order valence-corrected chi connectivity index (χ4v) is 2.58. The average Bonchev–Trinajstić information content (AvgIpc) is 2.57. The summed E-state index contributed by atoms with van der Waals surface area (Å²) in [6, 6.07) is 0. The Morgan fingerprint density at radius 2 is 1.26 bits per heavy atom. The summed E-state index contributed by atoms with van der Waals surface area (Å²) in [7, 11) is 0. The van der Waals surface area contributed by atoms with Crippen molar-refractivity contribution in [3.05, 3.63) is 12.2 Å². The first kappa shape index (κ1) is 22.2. The SMILES string of the molecule is CCCCCCCCC=CCCCCCCCCOC(=O)CO. The third-order valence-corrected chi connectivity index (χ3v) is 4.05. The number of hydrogen-bond acceptors (Lipinski definition) is 3. The van der Waals surface area contributed by atoms with Crippen LogP contribution in [0.3, 0.4) is 0 Å². The van der Waals surface area contributed by atoms with Crippen LogP contribution in [0.2, 0.25) is 0 Å². The Kier molecular flexibility index (Phi) is 18.5. The normalized spacial score (nSPS) is 11.2. The van der Waals surface area contributed by atoms with Crippen molar-refractivity contribution in [3.8, 4) is 0 Å². The zero-order chi connectivity index (χ0) is 17.0. The van der Waals surface area contributed by atoms with Gasteiger partial charge in [0.1, 0.15) is 6.61 Å². The van der Waals surface area contributed by atoms with Crippen LogP contribution in [-0.4, -0.2) is 24.3 Å². The Morgan fingerprint density at radius 1 is 0.783 bits per heavy atom. The highest BCUT2D eigenvalue weighted by atomic mass is 16.5. The molecular weight excluding hydrogens is 288 g/mol. The van der Waals surface area contributed by atoms with Gasteiger partial charge in [0.15, 0.2) is 0 Å². The fourth-order valence-electron chi connectivity index (χ4n) is 2.58. The molecule has 0 heterocycles. The molecule has 0 rings (SSSR count). The number of hydrogen-bond donors (Lipinski definition) is 1. The van der Waals surface area contributed by atoms with E-state index < -0.39 is 12.6 Å². The molecule has 0 saturated heterocycles. The maximum atomic E-state index is 10.7. The second-order valence-corrected chi connectivity index (χ2v) is 6.32. The van der Waals surface area contributed by atoms with Gasteiger partial charge in [-0.2, -0.15) is 0 Å². The molecule has 0 aromatic rings. The van der Waals surface area contributed by atoms with Gasteiger partial charge in [-0.3, -0.25) is 0 Å². The first-order chi connectivity index (χ1) is 11.3. The van der Waals surface area contributed by atoms with E-state index in [1.165, 1.54) is 77.0 Å². The maximum Gasteiger partial charge on any atom is 0.331 e. The van der Waals surface area contributed by atoms with Gasteiger partial charge in [0, 0.05) is 0 Å². The lowest BCUT2D eigenvalue weighted by atomic mass is 10.1. The molecule has 0 aliphatic rings. The Morgan fingerprint density at radius 3 is 1.78 bits per heavy atom. The van der Waals surface area contributed by atoms with Crippen molar-refractivity contribution in [2.45, 2.75) is 96.8 Å². The van der Waals surface area contributed by atoms with Crippen LogP contribution in [0, 0.1) is 0 Å². The van der Waals surface area contributed by atoms with Crippen molar-refractivity contribution in [3.63, 3.8) is 0 Å². The van der Waals surface area contributed by atoms with Crippen LogP contribution in [0.5, 0.6) is 0 Å². The lowest BCUT2D eigenvalue weighted by Gasteiger charge is -2.03. The van der Waals surface area contributed by atoms with Crippen molar-refractivity contribution in [2.75, 3.05) is 13.2 Å². The highest BCUT2D eigenvalue weighted by molar-refractivity contribution is 5.70. The van der Waals surface area contributed by atoms with Gasteiger partial charge in [-0.1, -0.05) is 76.9 Å². The number of ether oxygens (including phenoxy) is 1. The molecule has 0 amide bonds. The van der Waals surface area contributed by atoms with Crippen molar-refractivity contribution < 1.29 is 14.6 Å². The van der Waals surface area contributed by atoms with E-state index >= 15 is 0 Å². The van der Waals surface area contributed by atoms with E-state index in [1.807, 2.05) is 0 Å². The minimum Gasteiger partial charge on any atom is -0.464 e. The van der Waals surface area contributed by atoms with E-state index in [4.69, 9.17) is 9.84 Å². The number of unbranched alkanes of at least 4 members (excludes halogenated alkanes) is 12. The van der Waals surface area contributed by atoms with Crippen molar-refractivity contribution in [1.82, 2.24) is 0 Å². The quantitative estimate of drug-likeness (QED) is 0.216. The number of aliphatic hydroxyl groups excluding tert-OH is 1. The van der Waals surface area contributed by atoms with Crippen molar-refractivity contribution in [2.24, 2.45) is 0 Å². The highest BCUT2D eigenvalue weighted by Crippen LogP contribution is 2.09. The third kappa shape index (κ3) is 19.1. The van der Waals surface area contributed by atoms with E-state index in [-0.39, 0.29) is 0 Å². The summed E-state index contributed by atoms with van der Waals surface area (Å²) in [4.78, 5) is 10.7. The van der Waals surface area contributed by atoms with Gasteiger partial charge in [0.05, 0.1) is 6.61 Å². The van der Waals surface area contributed by atoms with E-state index in [2.05, 4.69) is 19.1 Å². The monoisotopic (exact) mass is 326 g/mol. The Hall–Kier alpha value is -0.830. The molecule has 0 radical (unpaired) electrons. The summed E-state index contributed by atoms with van der Waals surface area (Å²) in [5.74, 6) is -0.516. The summed E-state index contributed by atoms with van der Waals surface area (Å²) in [5, 5.41) is 8.49. The van der Waals surface area contributed by atoms with E-state index in [9.17, 15) is 4.79 Å². The summed E-state index contributed by atoms with van der Waals surface area (Å²) >= 11 is 0. The van der Waals surface area contributed by atoms with E-state index in [0.717, 1.165) is 12.8 Å². The van der Waals surface area contributed by atoms with Gasteiger partial charge in [-0.15, -0.1) is 0 Å². The van der Waals surface area contributed by atoms with Crippen LogP contribution < -0.4 is 0 Å². The minimum absolute atomic E-state index is 0.445. The second-order valence-electron chi connectivity index (χ2n) is 6.32. The van der Waals surface area contributed by atoms with Crippen LogP contribution in [-0.2, 0) is 9.53 Å². The van der Waals surface area contributed by atoms with Crippen LogP contribution in [0.4, 0.5) is 0 Å². The maximum absolute atomic E-state index is 10.7. The lowest BCUT2D eigenvalue weighted by molar-refractivity contribution is -0.147. The molecule has 0 aromatic carbocycles. The molecule has 0 bridgehead atoms. The number of aliphatic hydroxyl groups is 1. The lowest BCUT2D eigenvalue weighted by Crippen LogP contribution is -2.09. The number of rotatable bonds is 17. The molecule has 0 spiro atoms. The smallest absolute Gasteiger partial charge is 0.331 e. The molecule has 0 fully saturated rings. The number of esters is 1. The Labute approximate surface area is 143 Å². The molecule has 0 saturated carbocycles. The zero-order valence-electron chi connectivity index (χ0n) is 15.2. The van der Waals surface area contributed by atoms with Crippen LogP contribution in [0.25, 0.3) is 0 Å². The molecule has 0 aliphatic carbocycles. The number of allylic oxidation sites excluding steroid dienone is 2. The summed E-state index contributed by atoms with van der Waals surface area (Å²) < 4.78 is 4.81. The second kappa shape index (κ2) is 19.2. The van der Waals surface area contributed by atoms with Gasteiger partial charge >= 0.3 is 5.97 Å². The largest absolute Gasteiger partial charge is 0.464 e. The van der Waals surface area contributed by atoms with Gasteiger partial charge < -0.3 is 9.84 Å². The average molecular weight is 327 g/mol. The first-order valence-corrected chi connectivity index (χ1v) is 9.72. The molecule has 0 aliphatic heterocycles. The molecule has 3 heteroatoms. The predicted molar refractivity (Wildman–Crippen MR) is 97.5 cm³/mol. The Bertz CT molecular complexity index is 274. The van der Waals surface area contributed by atoms with Crippen molar-refractivity contribution in [1.29, 1.82) is 0 Å². The summed E-state index contributed by atoms with van der Waals surface area (Å²) in [6.07, 6.45) is 22.5. The highest BCUT2D eigenvalue weighted by Gasteiger charge is 1.98. The third-order valence-electron chi connectivity index (χ3n) is 4.05. The molecule has 3 nitrogen and oxygen atoms in total. The van der Waals surface area contributed by atoms with Crippen molar-refractivity contribution >= 4 is 5.97 Å². The summed E-state index contributed by atoms with van der Waals surface area (Å²) in [5.41, 5.74) is 0. The first-order valence-electron chi connectivity index (χ1n) is 9.72. The Balaban J connectivity index is 3.09. The zero-order valence-corrected chi connectivity index (χ0v) is 15.2. The molecular formula is C20H38O3. The minimum atomic E-state index is -0.516. The van der Waals surface area contributed by atoms with Crippen LogP contribution >= 0.6 is 0 Å². The van der Waals surface area contributed by atoms with Gasteiger partial charge in [-0.05, 0) is 32.1 Å². The number of carbonyl (C=O) groups is 1. The topological polar surface area (TPSA) is 46.5 Å². The van der Waals surface area contributed by atoms with Gasteiger partial charge in [0.2, 0.25) is 0 Å².